The smallest absolute Gasteiger partial charge is 0.0512 e. The number of aliphatic hydroxyl groups is 1. The zero-order valence-electron chi connectivity index (χ0n) is 13.1. The minimum absolute atomic E-state index is 0.111. The van der Waals surface area contributed by atoms with Crippen LogP contribution in [0.5, 0.6) is 0 Å². The van der Waals surface area contributed by atoms with E-state index in [1.807, 2.05) is 6.92 Å². The van der Waals surface area contributed by atoms with Gasteiger partial charge in [-0.25, -0.2) is 0 Å². The molecule has 2 aliphatic rings. The minimum atomic E-state index is -0.111. The summed E-state index contributed by atoms with van der Waals surface area (Å²) in [7, 11) is 0. The van der Waals surface area contributed by atoms with Gasteiger partial charge in [0.15, 0.2) is 0 Å². The number of nitrogens with zero attached hydrogens (tertiary/aromatic N) is 1. The van der Waals surface area contributed by atoms with Gasteiger partial charge in [-0.1, -0.05) is 33.1 Å². The first kappa shape index (κ1) is 15.3. The molecule has 0 radical (unpaired) electrons. The van der Waals surface area contributed by atoms with Crippen molar-refractivity contribution in [3.63, 3.8) is 0 Å². The van der Waals surface area contributed by atoms with Crippen molar-refractivity contribution in [3.8, 4) is 0 Å². The van der Waals surface area contributed by atoms with E-state index in [1.54, 1.807) is 0 Å². The van der Waals surface area contributed by atoms with Gasteiger partial charge in [0.05, 0.1) is 6.10 Å². The number of unbranched alkanes of at least 4 members (excludes halogenated alkanes) is 2. The van der Waals surface area contributed by atoms with Crippen molar-refractivity contribution in [2.45, 2.75) is 103 Å². The first-order valence-electron chi connectivity index (χ1n) is 8.55. The molecule has 112 valence electrons. The maximum Gasteiger partial charge on any atom is 0.0512 e. The molecule has 2 saturated heterocycles. The van der Waals surface area contributed by atoms with Gasteiger partial charge >= 0.3 is 0 Å². The molecule has 0 unspecified atom stereocenters. The average Bonchev–Trinajstić information content (AvgIpc) is 2.90. The number of aliphatic hydroxyl groups excluding tert-OH is 1. The minimum Gasteiger partial charge on any atom is -0.393 e. The van der Waals surface area contributed by atoms with Crippen LogP contribution >= 0.6 is 0 Å². The first-order valence-corrected chi connectivity index (χ1v) is 8.55. The molecular weight excluding hydrogens is 234 g/mol. The summed E-state index contributed by atoms with van der Waals surface area (Å²) in [6.45, 7) is 6.69. The average molecular weight is 267 g/mol. The Morgan fingerprint density at radius 1 is 1.00 bits per heavy atom. The van der Waals surface area contributed by atoms with E-state index < -0.39 is 0 Å². The molecule has 0 amide bonds. The normalized spacial score (nSPS) is 33.0. The predicted octanol–water partition coefficient (Wildman–Crippen LogP) is 3.97. The topological polar surface area (TPSA) is 23.5 Å². The molecule has 0 aromatic heterocycles. The number of hydrogen-bond donors (Lipinski definition) is 1. The van der Waals surface area contributed by atoms with Crippen LogP contribution in [0.3, 0.4) is 0 Å². The van der Waals surface area contributed by atoms with Crippen molar-refractivity contribution in [2.24, 2.45) is 5.92 Å². The molecule has 0 aliphatic carbocycles. The molecule has 0 spiro atoms. The van der Waals surface area contributed by atoms with E-state index in [9.17, 15) is 5.11 Å². The lowest BCUT2D eigenvalue weighted by molar-refractivity contribution is 0.138. The van der Waals surface area contributed by atoms with E-state index >= 15 is 0 Å². The van der Waals surface area contributed by atoms with Crippen molar-refractivity contribution < 1.29 is 5.11 Å². The van der Waals surface area contributed by atoms with Crippen molar-refractivity contribution in [1.82, 2.24) is 4.90 Å². The summed E-state index contributed by atoms with van der Waals surface area (Å²) in [6, 6.07) is 2.64. The van der Waals surface area contributed by atoms with E-state index in [0.29, 0.717) is 0 Å². The Bertz CT molecular complexity index is 264. The van der Waals surface area contributed by atoms with Crippen molar-refractivity contribution in [3.05, 3.63) is 0 Å². The van der Waals surface area contributed by atoms with Crippen LogP contribution in [0, 0.1) is 5.92 Å². The second kappa shape index (κ2) is 7.08. The molecule has 2 nitrogen and oxygen atoms in total. The molecular formula is C17H33NO. The number of hydrogen-bond acceptors (Lipinski definition) is 2. The van der Waals surface area contributed by atoms with E-state index in [2.05, 4.69) is 18.7 Å². The summed E-state index contributed by atoms with van der Waals surface area (Å²) >= 11 is 0. The third-order valence-electron chi connectivity index (χ3n) is 5.28. The summed E-state index contributed by atoms with van der Waals surface area (Å²) in [5.41, 5.74) is 0. The zero-order valence-corrected chi connectivity index (χ0v) is 13.1. The van der Waals surface area contributed by atoms with Crippen molar-refractivity contribution >= 4 is 0 Å². The van der Waals surface area contributed by atoms with Gasteiger partial charge in [-0.05, 0) is 51.4 Å². The largest absolute Gasteiger partial charge is 0.393 e. The Morgan fingerprint density at radius 2 is 1.74 bits per heavy atom. The third-order valence-corrected chi connectivity index (χ3v) is 5.28. The van der Waals surface area contributed by atoms with Crippen LogP contribution in [0.1, 0.15) is 78.6 Å². The van der Waals surface area contributed by atoms with Crippen molar-refractivity contribution in [2.75, 3.05) is 0 Å². The summed E-state index contributed by atoms with van der Waals surface area (Å²) in [6.07, 6.45) is 11.9. The molecule has 0 bridgehead atoms. The zero-order chi connectivity index (χ0) is 13.8. The molecule has 2 heterocycles. The fourth-order valence-electron chi connectivity index (χ4n) is 4.30. The lowest BCUT2D eigenvalue weighted by atomic mass is 9.97. The molecule has 2 aliphatic heterocycles. The van der Waals surface area contributed by atoms with Crippen LogP contribution in [0.2, 0.25) is 0 Å². The lowest BCUT2D eigenvalue weighted by Gasteiger charge is -2.33. The highest BCUT2D eigenvalue weighted by Crippen LogP contribution is 2.40. The Labute approximate surface area is 119 Å². The van der Waals surface area contributed by atoms with Crippen LogP contribution in [0.25, 0.3) is 0 Å². The summed E-state index contributed by atoms with van der Waals surface area (Å²) < 4.78 is 0. The van der Waals surface area contributed by atoms with Gasteiger partial charge < -0.3 is 5.11 Å². The van der Waals surface area contributed by atoms with Crippen LogP contribution in [-0.4, -0.2) is 34.2 Å². The second-order valence-electron chi connectivity index (χ2n) is 7.21. The van der Waals surface area contributed by atoms with E-state index in [0.717, 1.165) is 30.5 Å². The summed E-state index contributed by atoms with van der Waals surface area (Å²) in [5, 5.41) is 9.27. The van der Waals surface area contributed by atoms with Gasteiger partial charge in [-0.2, -0.15) is 0 Å². The Morgan fingerprint density at radius 3 is 2.42 bits per heavy atom. The lowest BCUT2D eigenvalue weighted by Crippen LogP contribution is -2.40. The molecule has 0 aromatic rings. The quantitative estimate of drug-likeness (QED) is 0.706. The Kier molecular flexibility index (Phi) is 5.70. The van der Waals surface area contributed by atoms with E-state index in [4.69, 9.17) is 0 Å². The summed E-state index contributed by atoms with van der Waals surface area (Å²) in [4.78, 5) is 2.89. The molecule has 2 rings (SSSR count). The molecule has 2 fully saturated rings. The van der Waals surface area contributed by atoms with Crippen molar-refractivity contribution in [1.29, 1.82) is 0 Å². The molecule has 1 N–H and O–H groups in total. The van der Waals surface area contributed by atoms with E-state index in [-0.39, 0.29) is 6.10 Å². The standard InChI is InChI=1S/C17H33NO/c1-13(2)17-12-11-16-10-9-15(18(16)17)8-6-4-5-7-14(3)19/h13-17,19H,4-12H2,1-3H3/t14-,15+,16-,17+/m1/s1. The van der Waals surface area contributed by atoms with Crippen LogP contribution < -0.4 is 0 Å². The molecule has 19 heavy (non-hydrogen) atoms. The molecule has 2 heteroatoms. The predicted molar refractivity (Wildman–Crippen MR) is 81.3 cm³/mol. The fourth-order valence-corrected chi connectivity index (χ4v) is 4.30. The number of rotatable bonds is 7. The van der Waals surface area contributed by atoms with Gasteiger partial charge in [0.25, 0.3) is 0 Å². The first-order chi connectivity index (χ1) is 9.09. The van der Waals surface area contributed by atoms with Gasteiger partial charge in [0, 0.05) is 18.1 Å². The molecule has 0 saturated carbocycles. The summed E-state index contributed by atoms with van der Waals surface area (Å²) in [5.74, 6) is 0.820. The third kappa shape index (κ3) is 3.95. The highest BCUT2D eigenvalue weighted by atomic mass is 16.3. The Balaban J connectivity index is 1.71. The molecule has 0 aromatic carbocycles. The monoisotopic (exact) mass is 267 g/mol. The SMILES string of the molecule is CC(C)[C@@H]1CC[C@H]2CC[C@H](CCCCC[C@@H](C)O)N21. The van der Waals surface area contributed by atoms with Gasteiger partial charge in [0.2, 0.25) is 0 Å². The van der Waals surface area contributed by atoms with Crippen LogP contribution in [-0.2, 0) is 0 Å². The van der Waals surface area contributed by atoms with Gasteiger partial charge in [-0.3, -0.25) is 4.90 Å². The maximum absolute atomic E-state index is 9.27. The molecule has 4 atom stereocenters. The van der Waals surface area contributed by atoms with Crippen LogP contribution in [0.4, 0.5) is 0 Å². The second-order valence-corrected chi connectivity index (χ2v) is 7.21. The highest BCUT2D eigenvalue weighted by molar-refractivity contribution is 4.98. The highest BCUT2D eigenvalue weighted by Gasteiger charge is 2.42. The fraction of sp³-hybridized carbons (Fsp3) is 1.00. The van der Waals surface area contributed by atoms with Crippen LogP contribution in [0.15, 0.2) is 0 Å². The van der Waals surface area contributed by atoms with Gasteiger partial charge in [-0.15, -0.1) is 0 Å². The maximum atomic E-state index is 9.27. The van der Waals surface area contributed by atoms with E-state index in [1.165, 1.54) is 51.4 Å². The Hall–Kier alpha value is -0.0800. The number of fused-ring (bicyclic) bond motifs is 1. The van der Waals surface area contributed by atoms with Gasteiger partial charge in [0.1, 0.15) is 0 Å².